The quantitative estimate of drug-likeness (QED) is 0.450. The summed E-state index contributed by atoms with van der Waals surface area (Å²) in [6.07, 6.45) is 9.51. The van der Waals surface area contributed by atoms with Crippen molar-refractivity contribution in [2.24, 2.45) is 0 Å². The monoisotopic (exact) mass is 264 g/mol. The number of hydrogen-bond acceptors (Lipinski definition) is 0. The van der Waals surface area contributed by atoms with Gasteiger partial charge in [0.2, 0.25) is 0 Å². The van der Waals surface area contributed by atoms with Crippen molar-refractivity contribution >= 4 is 12.2 Å². The van der Waals surface area contributed by atoms with Gasteiger partial charge in [-0.3, -0.25) is 0 Å². The Morgan fingerprint density at radius 2 is 1.60 bits per heavy atom. The molecule has 0 fully saturated rings. The van der Waals surface area contributed by atoms with E-state index in [-0.39, 0.29) is 0 Å². The van der Waals surface area contributed by atoms with Crippen LogP contribution in [0.1, 0.15) is 48.4 Å². The van der Waals surface area contributed by atoms with Crippen LogP contribution < -0.4 is 0 Å². The van der Waals surface area contributed by atoms with Crippen LogP contribution in [0.15, 0.2) is 48.5 Å². The number of benzene rings is 2. The Bertz CT molecular complexity index is 547. The summed E-state index contributed by atoms with van der Waals surface area (Å²) in [5, 5.41) is 0. The molecule has 20 heavy (non-hydrogen) atoms. The molecular formula is C20H24. The highest BCUT2D eigenvalue weighted by Gasteiger charge is 1.94. The minimum atomic E-state index is 1.20. The van der Waals surface area contributed by atoms with E-state index < -0.39 is 0 Å². The summed E-state index contributed by atoms with van der Waals surface area (Å²) in [5.41, 5.74) is 5.33. The largest absolute Gasteiger partial charge is 0.0654 e. The highest BCUT2D eigenvalue weighted by atomic mass is 14.0. The highest BCUT2D eigenvalue weighted by Crippen LogP contribution is 2.14. The normalized spacial score (nSPS) is 11.1. The second-order valence-electron chi connectivity index (χ2n) is 5.39. The molecule has 0 radical (unpaired) electrons. The fraction of sp³-hybridized carbons (Fsp3) is 0.300. The first-order valence-corrected chi connectivity index (χ1v) is 7.62. The van der Waals surface area contributed by atoms with Gasteiger partial charge < -0.3 is 0 Å². The van der Waals surface area contributed by atoms with Crippen LogP contribution in [0.4, 0.5) is 0 Å². The van der Waals surface area contributed by atoms with Crippen LogP contribution in [0.5, 0.6) is 0 Å². The summed E-state index contributed by atoms with van der Waals surface area (Å²) >= 11 is 0. The van der Waals surface area contributed by atoms with Gasteiger partial charge in [0, 0.05) is 0 Å². The van der Waals surface area contributed by atoms with Gasteiger partial charge in [-0.1, -0.05) is 80.4 Å². The van der Waals surface area contributed by atoms with Gasteiger partial charge in [-0.2, -0.15) is 0 Å². The second kappa shape index (κ2) is 7.69. The zero-order valence-corrected chi connectivity index (χ0v) is 12.6. The van der Waals surface area contributed by atoms with Gasteiger partial charge in [-0.15, -0.1) is 0 Å². The van der Waals surface area contributed by atoms with Gasteiger partial charge in [-0.25, -0.2) is 0 Å². The number of unbranched alkanes of at least 4 members (excludes halogenated alkanes) is 2. The molecule has 0 amide bonds. The van der Waals surface area contributed by atoms with Crippen molar-refractivity contribution in [3.05, 3.63) is 70.8 Å². The molecule has 0 aliphatic heterocycles. The summed E-state index contributed by atoms with van der Waals surface area (Å²) in [5.74, 6) is 0. The average molecular weight is 264 g/mol. The van der Waals surface area contributed by atoms with E-state index in [1.165, 1.54) is 47.9 Å². The average Bonchev–Trinajstić information content (AvgIpc) is 2.48. The lowest BCUT2D eigenvalue weighted by atomic mass is 10.0. The maximum Gasteiger partial charge on any atom is -0.0227 e. The molecule has 0 heteroatoms. The van der Waals surface area contributed by atoms with E-state index in [1.807, 2.05) is 0 Å². The Labute approximate surface area is 123 Å². The van der Waals surface area contributed by atoms with Gasteiger partial charge in [-0.05, 0) is 42.0 Å². The van der Waals surface area contributed by atoms with Gasteiger partial charge in [0.05, 0.1) is 0 Å². The minimum Gasteiger partial charge on any atom is -0.0654 e. The standard InChI is InChI=1S/C20H24/c1-3-4-5-9-18-11-13-19(14-12-18)15-16-20-10-7-6-8-17(20)2/h6-8,10-16H,3-5,9H2,1-2H3/b16-15+. The predicted octanol–water partition coefficient (Wildman–Crippen LogP) is 5.90. The first-order valence-electron chi connectivity index (χ1n) is 7.62. The van der Waals surface area contributed by atoms with Gasteiger partial charge in [0.25, 0.3) is 0 Å². The molecule has 0 unspecified atom stereocenters. The molecule has 0 heterocycles. The molecular weight excluding hydrogens is 240 g/mol. The summed E-state index contributed by atoms with van der Waals surface area (Å²) in [4.78, 5) is 0. The van der Waals surface area contributed by atoms with Gasteiger partial charge in [0.1, 0.15) is 0 Å². The maximum atomic E-state index is 2.26. The first kappa shape index (κ1) is 14.6. The van der Waals surface area contributed by atoms with Crippen LogP contribution in [0.2, 0.25) is 0 Å². The van der Waals surface area contributed by atoms with Crippen LogP contribution in [-0.4, -0.2) is 0 Å². The fourth-order valence-corrected chi connectivity index (χ4v) is 2.33. The van der Waals surface area contributed by atoms with Crippen molar-refractivity contribution in [3.63, 3.8) is 0 Å². The molecule has 0 saturated carbocycles. The van der Waals surface area contributed by atoms with Crippen molar-refractivity contribution in [1.29, 1.82) is 0 Å². The van der Waals surface area contributed by atoms with E-state index in [0.717, 1.165) is 0 Å². The zero-order chi connectivity index (χ0) is 14.2. The third-order valence-electron chi connectivity index (χ3n) is 3.69. The lowest BCUT2D eigenvalue weighted by molar-refractivity contribution is 0.717. The Kier molecular flexibility index (Phi) is 5.61. The Morgan fingerprint density at radius 3 is 2.30 bits per heavy atom. The lowest BCUT2D eigenvalue weighted by Crippen LogP contribution is -1.85. The van der Waals surface area contributed by atoms with E-state index in [1.54, 1.807) is 0 Å². The van der Waals surface area contributed by atoms with Crippen molar-refractivity contribution in [2.75, 3.05) is 0 Å². The van der Waals surface area contributed by atoms with Gasteiger partial charge in [0.15, 0.2) is 0 Å². The van der Waals surface area contributed by atoms with E-state index in [9.17, 15) is 0 Å². The molecule has 2 aromatic carbocycles. The van der Waals surface area contributed by atoms with Crippen LogP contribution in [-0.2, 0) is 6.42 Å². The summed E-state index contributed by atoms with van der Waals surface area (Å²) in [7, 11) is 0. The fourth-order valence-electron chi connectivity index (χ4n) is 2.33. The molecule has 0 saturated heterocycles. The molecule has 0 nitrogen and oxygen atoms in total. The molecule has 0 spiro atoms. The summed E-state index contributed by atoms with van der Waals surface area (Å²) in [6, 6.07) is 17.4. The molecule has 2 rings (SSSR count). The Morgan fingerprint density at radius 1 is 0.850 bits per heavy atom. The topological polar surface area (TPSA) is 0 Å². The smallest absolute Gasteiger partial charge is 0.0227 e. The van der Waals surface area contributed by atoms with Crippen molar-refractivity contribution < 1.29 is 0 Å². The lowest BCUT2D eigenvalue weighted by Gasteiger charge is -2.02. The third kappa shape index (κ3) is 4.38. The number of hydrogen-bond donors (Lipinski definition) is 0. The summed E-state index contributed by atoms with van der Waals surface area (Å²) in [6.45, 7) is 4.40. The number of aryl methyl sites for hydroxylation is 2. The van der Waals surface area contributed by atoms with E-state index in [4.69, 9.17) is 0 Å². The SMILES string of the molecule is CCCCCc1ccc(/C=C/c2ccccc2C)cc1. The molecule has 104 valence electrons. The molecule has 0 aliphatic carbocycles. The number of rotatable bonds is 6. The first-order chi connectivity index (χ1) is 9.79. The molecule has 0 atom stereocenters. The van der Waals surface area contributed by atoms with Crippen LogP contribution in [0.3, 0.4) is 0 Å². The van der Waals surface area contributed by atoms with Crippen LogP contribution >= 0.6 is 0 Å². The minimum absolute atomic E-state index is 1.20. The van der Waals surface area contributed by atoms with Gasteiger partial charge >= 0.3 is 0 Å². The van der Waals surface area contributed by atoms with E-state index in [2.05, 4.69) is 74.5 Å². The van der Waals surface area contributed by atoms with Crippen LogP contribution in [0.25, 0.3) is 12.2 Å². The third-order valence-corrected chi connectivity index (χ3v) is 3.69. The van der Waals surface area contributed by atoms with Crippen LogP contribution in [0, 0.1) is 6.92 Å². The van der Waals surface area contributed by atoms with E-state index >= 15 is 0 Å². The van der Waals surface area contributed by atoms with Crippen molar-refractivity contribution in [1.82, 2.24) is 0 Å². The second-order valence-corrected chi connectivity index (χ2v) is 5.39. The highest BCUT2D eigenvalue weighted by molar-refractivity contribution is 5.71. The Balaban J connectivity index is 1.98. The summed E-state index contributed by atoms with van der Waals surface area (Å²) < 4.78 is 0. The molecule has 0 aromatic heterocycles. The maximum absolute atomic E-state index is 2.26. The molecule has 0 aliphatic rings. The predicted molar refractivity (Wildman–Crippen MR) is 89.8 cm³/mol. The molecule has 0 bridgehead atoms. The van der Waals surface area contributed by atoms with Crippen molar-refractivity contribution in [3.8, 4) is 0 Å². The molecule has 0 N–H and O–H groups in total. The Hall–Kier alpha value is -1.82. The molecule has 2 aromatic rings. The van der Waals surface area contributed by atoms with E-state index in [0.29, 0.717) is 0 Å². The van der Waals surface area contributed by atoms with Crippen molar-refractivity contribution in [2.45, 2.75) is 39.5 Å². The zero-order valence-electron chi connectivity index (χ0n) is 12.6.